The van der Waals surface area contributed by atoms with Crippen molar-refractivity contribution in [3.05, 3.63) is 53.7 Å². The number of nitrogens with zero attached hydrogens (tertiary/aromatic N) is 2. The van der Waals surface area contributed by atoms with E-state index in [9.17, 15) is 9.90 Å². The third-order valence-corrected chi connectivity index (χ3v) is 5.02. The number of aliphatic imine (C=N–C) groups is 1. The maximum absolute atomic E-state index is 12.6. The molecule has 8 nitrogen and oxygen atoms in total. The largest absolute Gasteiger partial charge is 0.396 e. The second-order valence-corrected chi connectivity index (χ2v) is 6.95. The van der Waals surface area contributed by atoms with Gasteiger partial charge in [0.25, 0.3) is 5.91 Å². The quantitative estimate of drug-likeness (QED) is 0.531. The lowest BCUT2D eigenvalue weighted by Gasteiger charge is -2.22. The summed E-state index contributed by atoms with van der Waals surface area (Å²) in [6.45, 7) is 0.961. The van der Waals surface area contributed by atoms with Gasteiger partial charge in [-0.3, -0.25) is 4.79 Å². The molecule has 0 saturated carbocycles. The van der Waals surface area contributed by atoms with Gasteiger partial charge in [0.1, 0.15) is 5.71 Å². The Kier molecular flexibility index (Phi) is 4.96. The average Bonchev–Trinajstić information content (AvgIpc) is 3.06. The Balaban J connectivity index is 1.72. The van der Waals surface area contributed by atoms with Gasteiger partial charge in [-0.2, -0.15) is 0 Å². The fourth-order valence-electron chi connectivity index (χ4n) is 3.39. The molecule has 1 aromatic heterocycles. The lowest BCUT2D eigenvalue weighted by molar-refractivity contribution is 0.0744. The Labute approximate surface area is 168 Å². The van der Waals surface area contributed by atoms with Crippen LogP contribution in [0.4, 0.5) is 17.1 Å². The molecular weight excluding hydrogens is 370 g/mol. The van der Waals surface area contributed by atoms with Crippen LogP contribution in [0.2, 0.25) is 0 Å². The molecular formula is C21H23N5O3. The summed E-state index contributed by atoms with van der Waals surface area (Å²) in [6.07, 6.45) is -0.999. The first kappa shape index (κ1) is 19.0. The van der Waals surface area contributed by atoms with E-state index in [0.717, 1.165) is 16.9 Å². The Morgan fingerprint density at radius 1 is 1.31 bits per heavy atom. The number of aliphatic hydroxyl groups is 1. The smallest absolute Gasteiger partial charge is 0.253 e. The number of nitrogen functional groups attached to an aromatic ring is 1. The number of ether oxygens (including phenoxy) is 1. The van der Waals surface area contributed by atoms with Crippen LogP contribution < -0.4 is 11.1 Å². The Hall–Kier alpha value is -3.36. The number of carbonyl (C=O) groups is 1. The molecule has 150 valence electrons. The van der Waals surface area contributed by atoms with E-state index in [1.165, 1.54) is 0 Å². The maximum atomic E-state index is 12.6. The Bertz CT molecular complexity index is 1100. The molecule has 0 fully saturated rings. The van der Waals surface area contributed by atoms with Crippen LogP contribution in [-0.4, -0.2) is 60.1 Å². The second kappa shape index (κ2) is 7.57. The first-order chi connectivity index (χ1) is 14.0. The molecule has 1 aliphatic rings. The molecule has 8 heteroatoms. The molecule has 0 radical (unpaired) electrons. The summed E-state index contributed by atoms with van der Waals surface area (Å²) in [5.74, 6) is -0.114. The molecule has 2 aromatic carbocycles. The highest BCUT2D eigenvalue weighted by Gasteiger charge is 2.25. The summed E-state index contributed by atoms with van der Waals surface area (Å²) >= 11 is 0. The Morgan fingerprint density at radius 3 is 2.90 bits per heavy atom. The van der Waals surface area contributed by atoms with Gasteiger partial charge in [-0.05, 0) is 30.3 Å². The zero-order valence-corrected chi connectivity index (χ0v) is 16.3. The van der Waals surface area contributed by atoms with Gasteiger partial charge in [0.15, 0.2) is 6.23 Å². The summed E-state index contributed by atoms with van der Waals surface area (Å²) in [7, 11) is 3.33. The molecule has 0 bridgehead atoms. The van der Waals surface area contributed by atoms with Gasteiger partial charge < -0.3 is 30.8 Å². The molecule has 0 spiro atoms. The molecule has 0 saturated heterocycles. The van der Waals surface area contributed by atoms with Crippen molar-refractivity contribution >= 4 is 39.6 Å². The third-order valence-electron chi connectivity index (χ3n) is 5.02. The number of fused-ring (bicyclic) bond motifs is 2. The molecule has 0 aliphatic carbocycles. The third kappa shape index (κ3) is 3.43. The number of anilines is 2. The number of aromatic nitrogens is 1. The minimum Gasteiger partial charge on any atom is -0.396 e. The number of nitrogens with one attached hydrogen (secondary N) is 2. The fraction of sp³-hybridized carbons (Fsp3) is 0.238. The molecule has 3 aromatic rings. The van der Waals surface area contributed by atoms with Gasteiger partial charge in [0.05, 0.1) is 29.4 Å². The average molecular weight is 393 g/mol. The number of H-pyrrole nitrogens is 1. The van der Waals surface area contributed by atoms with E-state index in [0.29, 0.717) is 41.2 Å². The van der Waals surface area contributed by atoms with Crippen molar-refractivity contribution in [1.29, 1.82) is 0 Å². The van der Waals surface area contributed by atoms with Crippen LogP contribution in [0.3, 0.4) is 0 Å². The van der Waals surface area contributed by atoms with Crippen LogP contribution in [0, 0.1) is 0 Å². The second-order valence-electron chi connectivity index (χ2n) is 6.95. The maximum Gasteiger partial charge on any atom is 0.253 e. The topological polar surface area (TPSA) is 116 Å². The van der Waals surface area contributed by atoms with Crippen molar-refractivity contribution in [3.8, 4) is 0 Å². The number of para-hydroxylation sites is 2. The number of aliphatic hydroxyl groups excluding tert-OH is 1. The molecule has 1 unspecified atom stereocenters. The zero-order valence-electron chi connectivity index (χ0n) is 16.3. The van der Waals surface area contributed by atoms with Gasteiger partial charge in [-0.15, -0.1) is 0 Å². The van der Waals surface area contributed by atoms with Gasteiger partial charge in [0.2, 0.25) is 0 Å². The highest BCUT2D eigenvalue weighted by atomic mass is 16.5. The number of nitrogens with two attached hydrogens (primary N) is 1. The highest BCUT2D eigenvalue weighted by molar-refractivity contribution is 6.15. The minimum absolute atomic E-state index is 0.114. The summed E-state index contributed by atoms with van der Waals surface area (Å²) < 4.78 is 5.03. The number of hydrogen-bond acceptors (Lipinski definition) is 6. The van der Waals surface area contributed by atoms with Crippen LogP contribution in [0.25, 0.3) is 10.9 Å². The molecule has 1 aliphatic heterocycles. The molecule has 4 rings (SSSR count). The zero-order chi connectivity index (χ0) is 20.5. The molecule has 1 amide bonds. The molecule has 2 heterocycles. The summed E-state index contributed by atoms with van der Waals surface area (Å²) in [4.78, 5) is 22.1. The first-order valence-electron chi connectivity index (χ1n) is 9.27. The van der Waals surface area contributed by atoms with Crippen molar-refractivity contribution in [2.24, 2.45) is 4.99 Å². The van der Waals surface area contributed by atoms with Gasteiger partial charge in [0, 0.05) is 37.2 Å². The molecule has 5 N–H and O–H groups in total. The number of methoxy groups -OCH3 is 1. The monoisotopic (exact) mass is 393 g/mol. The standard InChI is InChI=1S/C21H23N5O3/c1-26(9-10-29-2)21(28)12-7-8-14-13(11-12)17(22)18(23-14)19-20(27)25-16-6-4-3-5-15(16)24-19/h3-8,11,20,23,25,27H,9-10,22H2,1-2H3. The first-order valence-corrected chi connectivity index (χ1v) is 9.27. The summed E-state index contributed by atoms with van der Waals surface area (Å²) in [5, 5.41) is 14.3. The van der Waals surface area contributed by atoms with E-state index in [1.807, 2.05) is 30.3 Å². The number of rotatable bonds is 5. The van der Waals surface area contributed by atoms with Crippen molar-refractivity contribution in [2.45, 2.75) is 6.23 Å². The van der Waals surface area contributed by atoms with Crippen molar-refractivity contribution in [2.75, 3.05) is 38.4 Å². The van der Waals surface area contributed by atoms with Crippen LogP contribution >= 0.6 is 0 Å². The normalized spacial score (nSPS) is 15.6. The van der Waals surface area contributed by atoms with Crippen LogP contribution in [0.1, 0.15) is 16.1 Å². The van der Waals surface area contributed by atoms with E-state index >= 15 is 0 Å². The van der Waals surface area contributed by atoms with Gasteiger partial charge >= 0.3 is 0 Å². The van der Waals surface area contributed by atoms with Crippen molar-refractivity contribution in [3.63, 3.8) is 0 Å². The number of amides is 1. The van der Waals surface area contributed by atoms with Crippen LogP contribution in [-0.2, 0) is 4.74 Å². The predicted molar refractivity (Wildman–Crippen MR) is 114 cm³/mol. The molecule has 29 heavy (non-hydrogen) atoms. The predicted octanol–water partition coefficient (Wildman–Crippen LogP) is 2.33. The van der Waals surface area contributed by atoms with Crippen LogP contribution in [0.15, 0.2) is 47.5 Å². The van der Waals surface area contributed by atoms with E-state index in [-0.39, 0.29) is 5.91 Å². The van der Waals surface area contributed by atoms with Gasteiger partial charge in [-0.1, -0.05) is 12.1 Å². The molecule has 1 atom stereocenters. The number of aromatic amines is 1. The van der Waals surface area contributed by atoms with Crippen LogP contribution in [0.5, 0.6) is 0 Å². The number of hydrogen-bond donors (Lipinski definition) is 4. The van der Waals surface area contributed by atoms with E-state index in [4.69, 9.17) is 10.5 Å². The number of carbonyl (C=O) groups excluding carboxylic acids is 1. The SMILES string of the molecule is COCCN(C)C(=O)c1ccc2[nH]c(C3=Nc4ccccc4NC3O)c(N)c2c1. The Morgan fingerprint density at radius 2 is 2.10 bits per heavy atom. The van der Waals surface area contributed by atoms with Crippen molar-refractivity contribution < 1.29 is 14.6 Å². The number of likely N-dealkylation sites (N-methyl/N-ethyl adjacent to an activating group) is 1. The highest BCUT2D eigenvalue weighted by Crippen LogP contribution is 2.33. The van der Waals surface area contributed by atoms with E-state index < -0.39 is 6.23 Å². The minimum atomic E-state index is -0.999. The van der Waals surface area contributed by atoms with Gasteiger partial charge in [-0.25, -0.2) is 4.99 Å². The number of benzene rings is 2. The lowest BCUT2D eigenvalue weighted by atomic mass is 10.1. The van der Waals surface area contributed by atoms with E-state index in [1.54, 1.807) is 31.2 Å². The summed E-state index contributed by atoms with van der Waals surface area (Å²) in [5.41, 5.74) is 10.5. The lowest BCUT2D eigenvalue weighted by Crippen LogP contribution is -2.32. The fourth-order valence-corrected chi connectivity index (χ4v) is 3.39. The van der Waals surface area contributed by atoms with E-state index in [2.05, 4.69) is 15.3 Å². The summed E-state index contributed by atoms with van der Waals surface area (Å²) in [6, 6.07) is 12.8. The van der Waals surface area contributed by atoms with Crippen molar-refractivity contribution in [1.82, 2.24) is 9.88 Å².